The molecular formula is C11H17N3O3. The van der Waals surface area contributed by atoms with Gasteiger partial charge in [-0.05, 0) is 13.3 Å². The normalized spacial score (nSPS) is 18.2. The molecular weight excluding hydrogens is 222 g/mol. The van der Waals surface area contributed by atoms with Gasteiger partial charge in [0.05, 0.1) is 25.6 Å². The van der Waals surface area contributed by atoms with Crippen molar-refractivity contribution in [3.8, 4) is 0 Å². The minimum absolute atomic E-state index is 0.204. The number of hydrogen-bond donors (Lipinski definition) is 1. The second kappa shape index (κ2) is 6.03. The van der Waals surface area contributed by atoms with Gasteiger partial charge in [0.25, 0.3) is 0 Å². The highest BCUT2D eigenvalue weighted by molar-refractivity contribution is 5.86. The zero-order chi connectivity index (χ0) is 12.8. The fourth-order valence-corrected chi connectivity index (χ4v) is 1.48. The Labute approximate surface area is 99.9 Å². The lowest BCUT2D eigenvalue weighted by atomic mass is 10.2. The third-order valence-corrected chi connectivity index (χ3v) is 2.47. The van der Waals surface area contributed by atoms with Crippen LogP contribution in [0.2, 0.25) is 0 Å². The first-order valence-electron chi connectivity index (χ1n) is 5.54. The zero-order valence-corrected chi connectivity index (χ0v) is 10.0. The largest absolute Gasteiger partial charge is 0.548 e. The van der Waals surface area contributed by atoms with E-state index in [-0.39, 0.29) is 5.91 Å². The predicted octanol–water partition coefficient (Wildman–Crippen LogP) is -1.65. The van der Waals surface area contributed by atoms with Crippen LogP contribution in [0.1, 0.15) is 19.8 Å². The number of carboxylic acid groups (broad SMARTS) is 1. The van der Waals surface area contributed by atoms with E-state index in [2.05, 4.69) is 29.3 Å². The van der Waals surface area contributed by atoms with Crippen LogP contribution in [0.3, 0.4) is 0 Å². The minimum atomic E-state index is -1.19. The summed E-state index contributed by atoms with van der Waals surface area (Å²) < 4.78 is 4.16. The van der Waals surface area contributed by atoms with E-state index < -0.39 is 12.0 Å². The van der Waals surface area contributed by atoms with Crippen molar-refractivity contribution >= 4 is 11.9 Å². The summed E-state index contributed by atoms with van der Waals surface area (Å²) >= 11 is 0. The number of amides is 1. The Morgan fingerprint density at radius 1 is 1.71 bits per heavy atom. The molecule has 1 fully saturated rings. The second-order valence-corrected chi connectivity index (χ2v) is 3.89. The minimum Gasteiger partial charge on any atom is -0.548 e. The molecule has 1 aromatic rings. The summed E-state index contributed by atoms with van der Waals surface area (Å²) in [5, 5.41) is 12.3. The molecule has 2 heterocycles. The first-order valence-corrected chi connectivity index (χ1v) is 5.54. The summed E-state index contributed by atoms with van der Waals surface area (Å²) in [6.45, 7) is 3.18. The fourth-order valence-electron chi connectivity index (χ4n) is 1.48. The predicted molar refractivity (Wildman–Crippen MR) is 57.5 cm³/mol. The van der Waals surface area contributed by atoms with Crippen LogP contribution in [0.25, 0.3) is 0 Å². The smallest absolute Gasteiger partial charge is 0.243 e. The Morgan fingerprint density at radius 2 is 2.41 bits per heavy atom. The molecule has 0 spiro atoms. The third-order valence-electron chi connectivity index (χ3n) is 2.47. The van der Waals surface area contributed by atoms with Crippen LogP contribution in [0.5, 0.6) is 0 Å². The van der Waals surface area contributed by atoms with E-state index in [0.717, 1.165) is 6.54 Å². The van der Waals surface area contributed by atoms with Crippen molar-refractivity contribution in [2.75, 3.05) is 0 Å². The monoisotopic (exact) mass is 239 g/mol. The van der Waals surface area contributed by atoms with Crippen molar-refractivity contribution in [3.05, 3.63) is 18.7 Å². The first-order chi connectivity index (χ1) is 8.02. The number of rotatable bonds is 2. The molecule has 0 saturated carbocycles. The molecule has 0 aliphatic carbocycles. The second-order valence-electron chi connectivity index (χ2n) is 3.89. The molecule has 6 heteroatoms. The Hall–Kier alpha value is -1.85. The third kappa shape index (κ3) is 4.26. The van der Waals surface area contributed by atoms with Gasteiger partial charge in [-0.3, -0.25) is 4.79 Å². The van der Waals surface area contributed by atoms with Gasteiger partial charge in [-0.2, -0.15) is 0 Å². The van der Waals surface area contributed by atoms with Gasteiger partial charge in [-0.25, -0.2) is 9.13 Å². The molecule has 1 aromatic heterocycles. The molecule has 1 amide bonds. The fraction of sp³-hybridized carbons (Fsp3) is 0.545. The van der Waals surface area contributed by atoms with Crippen LogP contribution in [0.4, 0.5) is 0 Å². The number of nitrogens with zero attached hydrogens (tertiary/aromatic N) is 2. The molecule has 1 saturated heterocycles. The molecule has 0 radical (unpaired) electrons. The number of imidazole rings is 1. The Kier molecular flexibility index (Phi) is 4.68. The number of nitrogens with one attached hydrogen (secondary N) is 1. The van der Waals surface area contributed by atoms with Crippen LogP contribution in [0.15, 0.2) is 18.7 Å². The van der Waals surface area contributed by atoms with E-state index in [1.165, 1.54) is 0 Å². The lowest BCUT2D eigenvalue weighted by molar-refractivity contribution is -0.671. The first kappa shape index (κ1) is 13.2. The Bertz CT molecular complexity index is 400. The van der Waals surface area contributed by atoms with Crippen molar-refractivity contribution in [1.29, 1.82) is 0 Å². The van der Waals surface area contributed by atoms with Gasteiger partial charge in [-0.15, -0.1) is 0 Å². The molecule has 0 unspecified atom stereocenters. The van der Waals surface area contributed by atoms with Gasteiger partial charge < -0.3 is 15.2 Å². The molecule has 0 bridgehead atoms. The number of carbonyl (C=O) groups is 2. The van der Waals surface area contributed by atoms with Gasteiger partial charge in [0, 0.05) is 6.42 Å². The number of hydrogen-bond acceptors (Lipinski definition) is 3. The molecule has 1 aliphatic rings. The van der Waals surface area contributed by atoms with Gasteiger partial charge in [-0.1, -0.05) is 0 Å². The number of aryl methyl sites for hydroxylation is 2. The van der Waals surface area contributed by atoms with Crippen molar-refractivity contribution in [3.63, 3.8) is 0 Å². The summed E-state index contributed by atoms with van der Waals surface area (Å²) in [6.07, 6.45) is 6.81. The average molecular weight is 239 g/mol. The average Bonchev–Trinajstić information content (AvgIpc) is 2.88. The number of aromatic nitrogens is 2. The molecule has 1 atom stereocenters. The van der Waals surface area contributed by atoms with E-state index >= 15 is 0 Å². The summed E-state index contributed by atoms with van der Waals surface area (Å²) in [5.74, 6) is -1.40. The molecule has 17 heavy (non-hydrogen) atoms. The molecule has 1 N–H and O–H groups in total. The summed E-state index contributed by atoms with van der Waals surface area (Å²) in [5.41, 5.74) is 0. The van der Waals surface area contributed by atoms with Crippen molar-refractivity contribution in [2.45, 2.75) is 32.4 Å². The summed E-state index contributed by atoms with van der Waals surface area (Å²) in [4.78, 5) is 20.4. The number of carboxylic acids is 1. The van der Waals surface area contributed by atoms with Crippen LogP contribution in [-0.4, -0.2) is 22.5 Å². The van der Waals surface area contributed by atoms with E-state index in [9.17, 15) is 14.7 Å². The Morgan fingerprint density at radius 3 is 2.65 bits per heavy atom. The molecule has 94 valence electrons. The van der Waals surface area contributed by atoms with Gasteiger partial charge in [0.2, 0.25) is 12.2 Å². The topological polar surface area (TPSA) is 78.0 Å². The molecule has 0 aromatic carbocycles. The van der Waals surface area contributed by atoms with E-state index in [4.69, 9.17) is 0 Å². The lowest BCUT2D eigenvalue weighted by Gasteiger charge is -2.08. The maximum atomic E-state index is 10.4. The van der Waals surface area contributed by atoms with Gasteiger partial charge >= 0.3 is 0 Å². The number of aliphatic carboxylic acids is 1. The van der Waals surface area contributed by atoms with E-state index in [1.807, 2.05) is 17.8 Å². The van der Waals surface area contributed by atoms with E-state index in [1.54, 1.807) is 0 Å². The molecule has 2 rings (SSSR count). The summed E-state index contributed by atoms with van der Waals surface area (Å²) in [6, 6.07) is -0.752. The standard InChI is InChI=1S/C6H11N2.C5H7NO3/c1-3-8-5-4-7(2)6-8;7-4-2-1-3(6-4)5(8)9/h4-6H,3H2,1-2H3;3H,1-2H2,(H,6,7)(H,8,9)/q+1;/p-1/t;3-/m.0/s1. The summed E-state index contributed by atoms with van der Waals surface area (Å²) in [7, 11) is 2.02. The van der Waals surface area contributed by atoms with Crippen molar-refractivity contribution in [2.24, 2.45) is 7.05 Å². The molecule has 1 aliphatic heterocycles. The number of carbonyl (C=O) groups excluding carboxylic acids is 2. The molecule has 6 nitrogen and oxygen atoms in total. The maximum absolute atomic E-state index is 10.4. The van der Waals surface area contributed by atoms with Crippen LogP contribution in [-0.2, 0) is 23.2 Å². The quantitative estimate of drug-likeness (QED) is 0.628. The highest BCUT2D eigenvalue weighted by Gasteiger charge is 2.20. The SMILES string of the molecule is CCn1cc[n+](C)c1.O=C1CC[C@@H](C(=O)[O-])N1. The van der Waals surface area contributed by atoms with Gasteiger partial charge in [0.15, 0.2) is 0 Å². The zero-order valence-electron chi connectivity index (χ0n) is 10.0. The maximum Gasteiger partial charge on any atom is 0.243 e. The van der Waals surface area contributed by atoms with E-state index in [0.29, 0.717) is 12.8 Å². The van der Waals surface area contributed by atoms with Crippen LogP contribution in [0, 0.1) is 0 Å². The van der Waals surface area contributed by atoms with Gasteiger partial charge in [0.1, 0.15) is 12.4 Å². The Balaban J connectivity index is 0.000000171. The van der Waals surface area contributed by atoms with Crippen molar-refractivity contribution < 1.29 is 19.3 Å². The van der Waals surface area contributed by atoms with Crippen LogP contribution >= 0.6 is 0 Å². The lowest BCUT2D eigenvalue weighted by Crippen LogP contribution is -2.42. The highest BCUT2D eigenvalue weighted by Crippen LogP contribution is 2.04. The van der Waals surface area contributed by atoms with Crippen LogP contribution < -0.4 is 15.0 Å². The van der Waals surface area contributed by atoms with Crippen molar-refractivity contribution in [1.82, 2.24) is 9.88 Å². The highest BCUT2D eigenvalue weighted by atomic mass is 16.4.